The Hall–Kier alpha value is -3.17. The first-order valence-corrected chi connectivity index (χ1v) is 11.4. The first-order chi connectivity index (χ1) is 15.0. The highest BCUT2D eigenvalue weighted by atomic mass is 32.2. The maximum Gasteiger partial charge on any atom is 0.257 e. The standard InChI is InChI=1S/C22H21N3O5S/c26-21(17-8-12-29-14-17)24-11-9-22(15-24)16-25(13-18-5-3-4-10-23-18)31(27,28)20-7-2-1-6-19(20)30-22/h1-8,10,12,14H,9,11,13,15-16H2/t22-/m1/s1. The summed E-state index contributed by atoms with van der Waals surface area (Å²) in [5.74, 6) is 0.148. The lowest BCUT2D eigenvalue weighted by Gasteiger charge is -2.31. The predicted molar refractivity (Wildman–Crippen MR) is 111 cm³/mol. The van der Waals surface area contributed by atoms with Gasteiger partial charge in [0.15, 0.2) is 0 Å². The molecule has 2 aliphatic rings. The number of rotatable bonds is 3. The van der Waals surface area contributed by atoms with E-state index in [1.54, 1.807) is 53.6 Å². The molecular weight excluding hydrogens is 418 g/mol. The number of hydrogen-bond acceptors (Lipinski definition) is 6. The minimum absolute atomic E-state index is 0.121. The fourth-order valence-corrected chi connectivity index (χ4v) is 5.77. The van der Waals surface area contributed by atoms with Crippen molar-refractivity contribution in [3.63, 3.8) is 0 Å². The van der Waals surface area contributed by atoms with Crippen LogP contribution in [0.2, 0.25) is 0 Å². The van der Waals surface area contributed by atoms with Crippen molar-refractivity contribution in [1.29, 1.82) is 0 Å². The molecule has 1 amide bonds. The molecule has 1 saturated heterocycles. The van der Waals surface area contributed by atoms with Gasteiger partial charge in [-0.3, -0.25) is 9.78 Å². The third kappa shape index (κ3) is 3.60. The van der Waals surface area contributed by atoms with Gasteiger partial charge in [-0.1, -0.05) is 18.2 Å². The molecule has 0 unspecified atom stereocenters. The number of sulfonamides is 1. The Morgan fingerprint density at radius 2 is 1.94 bits per heavy atom. The lowest BCUT2D eigenvalue weighted by atomic mass is 10.0. The average Bonchev–Trinajstić information content (AvgIpc) is 3.43. The zero-order valence-electron chi connectivity index (χ0n) is 16.7. The smallest absolute Gasteiger partial charge is 0.257 e. The van der Waals surface area contributed by atoms with Crippen molar-refractivity contribution < 1.29 is 22.4 Å². The summed E-state index contributed by atoms with van der Waals surface area (Å²) in [5.41, 5.74) is 0.252. The third-order valence-electron chi connectivity index (χ3n) is 5.69. The lowest BCUT2D eigenvalue weighted by molar-refractivity contribution is 0.0508. The number of fused-ring (bicyclic) bond motifs is 1. The first kappa shape index (κ1) is 19.8. The van der Waals surface area contributed by atoms with Crippen LogP contribution < -0.4 is 4.74 Å². The summed E-state index contributed by atoms with van der Waals surface area (Å²) in [5, 5.41) is 0. The summed E-state index contributed by atoms with van der Waals surface area (Å²) < 4.78 is 39.8. The number of hydrogen-bond donors (Lipinski definition) is 0. The number of pyridine rings is 1. The van der Waals surface area contributed by atoms with E-state index in [9.17, 15) is 13.2 Å². The van der Waals surface area contributed by atoms with E-state index in [1.165, 1.54) is 16.8 Å². The molecule has 0 aliphatic carbocycles. The summed E-state index contributed by atoms with van der Waals surface area (Å²) in [7, 11) is -3.81. The second-order valence-corrected chi connectivity index (χ2v) is 9.72. The number of aromatic nitrogens is 1. The summed E-state index contributed by atoms with van der Waals surface area (Å²) in [6.07, 6.45) is 5.02. The molecule has 5 rings (SSSR count). The molecule has 1 atom stereocenters. The maximum atomic E-state index is 13.5. The van der Waals surface area contributed by atoms with Crippen LogP contribution in [0.5, 0.6) is 5.75 Å². The molecule has 31 heavy (non-hydrogen) atoms. The van der Waals surface area contributed by atoms with Crippen LogP contribution in [-0.2, 0) is 16.6 Å². The van der Waals surface area contributed by atoms with Crippen LogP contribution in [0.4, 0.5) is 0 Å². The number of amides is 1. The maximum absolute atomic E-state index is 13.5. The van der Waals surface area contributed by atoms with E-state index in [2.05, 4.69) is 4.98 Å². The van der Waals surface area contributed by atoms with Gasteiger partial charge in [0, 0.05) is 19.2 Å². The van der Waals surface area contributed by atoms with E-state index in [0.29, 0.717) is 30.0 Å². The predicted octanol–water partition coefficient (Wildman–Crippen LogP) is 2.54. The van der Waals surface area contributed by atoms with E-state index in [-0.39, 0.29) is 30.4 Å². The number of furan rings is 1. The van der Waals surface area contributed by atoms with E-state index in [1.807, 2.05) is 6.07 Å². The van der Waals surface area contributed by atoms with E-state index in [4.69, 9.17) is 9.15 Å². The Morgan fingerprint density at radius 3 is 2.71 bits per heavy atom. The van der Waals surface area contributed by atoms with Crippen LogP contribution in [0.1, 0.15) is 22.5 Å². The zero-order valence-corrected chi connectivity index (χ0v) is 17.5. The fourth-order valence-electron chi connectivity index (χ4n) is 4.17. The second-order valence-electron chi connectivity index (χ2n) is 7.81. The van der Waals surface area contributed by atoms with Crippen molar-refractivity contribution in [3.8, 4) is 5.75 Å². The van der Waals surface area contributed by atoms with Gasteiger partial charge in [-0.15, -0.1) is 0 Å². The van der Waals surface area contributed by atoms with Gasteiger partial charge in [0.05, 0.1) is 37.2 Å². The largest absolute Gasteiger partial charge is 0.483 e. The molecular formula is C22H21N3O5S. The molecule has 3 aromatic rings. The molecule has 9 heteroatoms. The van der Waals surface area contributed by atoms with Gasteiger partial charge < -0.3 is 14.1 Å². The topological polar surface area (TPSA) is 93.0 Å². The number of carbonyl (C=O) groups excluding carboxylic acids is 1. The zero-order chi connectivity index (χ0) is 21.5. The van der Waals surface area contributed by atoms with Gasteiger partial charge in [-0.2, -0.15) is 4.31 Å². The summed E-state index contributed by atoms with van der Waals surface area (Å²) in [6.45, 7) is 0.983. The highest BCUT2D eigenvalue weighted by Gasteiger charge is 2.49. The van der Waals surface area contributed by atoms with Crippen molar-refractivity contribution in [2.24, 2.45) is 0 Å². The van der Waals surface area contributed by atoms with E-state index < -0.39 is 15.6 Å². The van der Waals surface area contributed by atoms with Crippen molar-refractivity contribution in [2.75, 3.05) is 19.6 Å². The molecule has 0 saturated carbocycles. The van der Waals surface area contributed by atoms with Crippen LogP contribution >= 0.6 is 0 Å². The molecule has 0 bridgehead atoms. The van der Waals surface area contributed by atoms with Crippen molar-refractivity contribution in [2.45, 2.75) is 23.5 Å². The fraction of sp³-hybridized carbons (Fsp3) is 0.273. The number of ether oxygens (including phenoxy) is 1. The highest BCUT2D eigenvalue weighted by molar-refractivity contribution is 7.89. The minimum Gasteiger partial charge on any atom is -0.483 e. The SMILES string of the molecule is O=C(c1ccoc1)N1CC[C@@]2(C1)CN(Cc1ccccn1)S(=O)(=O)c1ccccc1O2. The first-order valence-electron chi connectivity index (χ1n) is 9.97. The normalized spacial score (nSPS) is 22.6. The molecule has 160 valence electrons. The van der Waals surface area contributed by atoms with Crippen molar-refractivity contribution in [3.05, 3.63) is 78.5 Å². The van der Waals surface area contributed by atoms with E-state index >= 15 is 0 Å². The van der Waals surface area contributed by atoms with Gasteiger partial charge in [-0.05, 0) is 30.3 Å². The number of para-hydroxylation sites is 1. The van der Waals surface area contributed by atoms with Gasteiger partial charge in [0.25, 0.3) is 5.91 Å². The van der Waals surface area contributed by atoms with Crippen LogP contribution in [0, 0.1) is 0 Å². The van der Waals surface area contributed by atoms with Crippen LogP contribution in [0.15, 0.2) is 76.6 Å². The molecule has 1 fully saturated rings. The van der Waals surface area contributed by atoms with Gasteiger partial charge >= 0.3 is 0 Å². The summed E-state index contributed by atoms with van der Waals surface area (Å²) >= 11 is 0. The molecule has 2 aliphatic heterocycles. The van der Waals surface area contributed by atoms with Crippen LogP contribution in [-0.4, -0.2) is 53.7 Å². The average molecular weight is 439 g/mol. The Balaban J connectivity index is 1.51. The number of nitrogens with zero attached hydrogens (tertiary/aromatic N) is 3. The molecule has 1 spiro atoms. The number of carbonyl (C=O) groups is 1. The van der Waals surface area contributed by atoms with Crippen molar-refractivity contribution >= 4 is 15.9 Å². The number of benzene rings is 1. The van der Waals surface area contributed by atoms with Gasteiger partial charge in [-0.25, -0.2) is 8.42 Å². The Bertz CT molecular complexity index is 1200. The van der Waals surface area contributed by atoms with Crippen LogP contribution in [0.3, 0.4) is 0 Å². The summed E-state index contributed by atoms with van der Waals surface area (Å²) in [4.78, 5) is 18.9. The lowest BCUT2D eigenvalue weighted by Crippen LogP contribution is -2.49. The monoisotopic (exact) mass is 439 g/mol. The second kappa shape index (κ2) is 7.51. The van der Waals surface area contributed by atoms with Crippen LogP contribution in [0.25, 0.3) is 0 Å². The molecule has 0 N–H and O–H groups in total. The quantitative estimate of drug-likeness (QED) is 0.623. The Morgan fingerprint density at radius 1 is 1.10 bits per heavy atom. The molecule has 8 nitrogen and oxygen atoms in total. The molecule has 0 radical (unpaired) electrons. The molecule has 1 aromatic carbocycles. The Kier molecular flexibility index (Phi) is 4.79. The summed E-state index contributed by atoms with van der Waals surface area (Å²) in [6, 6.07) is 13.7. The minimum atomic E-state index is -3.81. The van der Waals surface area contributed by atoms with E-state index in [0.717, 1.165) is 0 Å². The molecule has 4 heterocycles. The highest BCUT2D eigenvalue weighted by Crippen LogP contribution is 2.39. The Labute approximate surface area is 180 Å². The van der Waals surface area contributed by atoms with Gasteiger partial charge in [0.1, 0.15) is 22.5 Å². The van der Waals surface area contributed by atoms with Gasteiger partial charge in [0.2, 0.25) is 10.0 Å². The van der Waals surface area contributed by atoms with Crippen molar-refractivity contribution in [1.82, 2.24) is 14.2 Å². The molecule has 2 aromatic heterocycles. The third-order valence-corrected chi connectivity index (χ3v) is 7.53. The number of likely N-dealkylation sites (tertiary alicyclic amines) is 1.